The van der Waals surface area contributed by atoms with E-state index < -0.39 is 18.0 Å². The third-order valence-electron chi connectivity index (χ3n) is 2.94. The van der Waals surface area contributed by atoms with Crippen LogP contribution in [-0.4, -0.2) is 22.3 Å². The summed E-state index contributed by atoms with van der Waals surface area (Å²) in [6.45, 7) is 3.84. The van der Waals surface area contributed by atoms with Crippen molar-refractivity contribution in [3.8, 4) is 0 Å². The van der Waals surface area contributed by atoms with E-state index in [4.69, 9.17) is 5.11 Å². The van der Waals surface area contributed by atoms with E-state index >= 15 is 0 Å². The van der Waals surface area contributed by atoms with Crippen molar-refractivity contribution >= 4 is 5.97 Å². The molecule has 0 saturated carbocycles. The van der Waals surface area contributed by atoms with Gasteiger partial charge in [0.2, 0.25) is 0 Å². The van der Waals surface area contributed by atoms with Gasteiger partial charge in [0.25, 0.3) is 0 Å². The van der Waals surface area contributed by atoms with E-state index in [-0.39, 0.29) is 0 Å². The lowest BCUT2D eigenvalue weighted by Gasteiger charge is -2.12. The second kappa shape index (κ2) is 9.64. The highest BCUT2D eigenvalue weighted by molar-refractivity contribution is 5.69. The normalized spacial score (nSPS) is 14.7. The summed E-state index contributed by atoms with van der Waals surface area (Å²) in [5.41, 5.74) is 0. The standard InChI is InChI=1S/C13H26O3/c1-3-4-5-6-7-8-9-12(14)10-11(2)13(15)16/h11-12,14H,3-10H2,1-2H3,(H,15,16). The average molecular weight is 230 g/mol. The molecular weight excluding hydrogens is 204 g/mol. The van der Waals surface area contributed by atoms with Gasteiger partial charge in [0, 0.05) is 0 Å². The first-order chi connectivity index (χ1) is 7.57. The van der Waals surface area contributed by atoms with E-state index in [0.717, 1.165) is 19.3 Å². The molecule has 0 aromatic heterocycles. The lowest BCUT2D eigenvalue weighted by Crippen LogP contribution is -2.18. The second-order valence-electron chi connectivity index (χ2n) is 4.69. The van der Waals surface area contributed by atoms with Crippen LogP contribution in [0.1, 0.15) is 65.2 Å². The summed E-state index contributed by atoms with van der Waals surface area (Å²) in [6, 6.07) is 0. The zero-order chi connectivity index (χ0) is 12.4. The van der Waals surface area contributed by atoms with Gasteiger partial charge in [-0.05, 0) is 12.8 Å². The van der Waals surface area contributed by atoms with E-state index in [1.165, 1.54) is 25.7 Å². The highest BCUT2D eigenvalue weighted by Gasteiger charge is 2.15. The van der Waals surface area contributed by atoms with Crippen LogP contribution in [0.25, 0.3) is 0 Å². The number of aliphatic carboxylic acids is 1. The number of carboxylic acid groups (broad SMARTS) is 1. The molecule has 0 bridgehead atoms. The van der Waals surface area contributed by atoms with Crippen LogP contribution in [0.4, 0.5) is 0 Å². The van der Waals surface area contributed by atoms with E-state index in [0.29, 0.717) is 6.42 Å². The van der Waals surface area contributed by atoms with Crippen LogP contribution in [0.5, 0.6) is 0 Å². The van der Waals surface area contributed by atoms with Gasteiger partial charge >= 0.3 is 5.97 Å². The number of carboxylic acids is 1. The van der Waals surface area contributed by atoms with Crippen LogP contribution in [0.2, 0.25) is 0 Å². The summed E-state index contributed by atoms with van der Waals surface area (Å²) in [4.78, 5) is 10.6. The van der Waals surface area contributed by atoms with Crippen molar-refractivity contribution < 1.29 is 15.0 Å². The maximum absolute atomic E-state index is 10.6. The largest absolute Gasteiger partial charge is 0.481 e. The zero-order valence-corrected chi connectivity index (χ0v) is 10.6. The first-order valence-corrected chi connectivity index (χ1v) is 6.48. The molecule has 0 radical (unpaired) electrons. The highest BCUT2D eigenvalue weighted by Crippen LogP contribution is 2.13. The Hall–Kier alpha value is -0.570. The maximum Gasteiger partial charge on any atom is 0.306 e. The Morgan fingerprint density at radius 1 is 1.12 bits per heavy atom. The fourth-order valence-corrected chi connectivity index (χ4v) is 1.79. The molecule has 0 saturated heterocycles. The summed E-state index contributed by atoms with van der Waals surface area (Å²) in [6.07, 6.45) is 7.88. The Morgan fingerprint density at radius 3 is 2.25 bits per heavy atom. The molecule has 2 N–H and O–H groups in total. The molecule has 0 heterocycles. The number of hydrogen-bond donors (Lipinski definition) is 2. The van der Waals surface area contributed by atoms with Gasteiger partial charge in [0.15, 0.2) is 0 Å². The number of hydrogen-bond acceptors (Lipinski definition) is 2. The van der Waals surface area contributed by atoms with E-state index in [9.17, 15) is 9.90 Å². The average Bonchev–Trinajstić information content (AvgIpc) is 2.23. The molecule has 0 aliphatic carbocycles. The Kier molecular flexibility index (Phi) is 9.30. The van der Waals surface area contributed by atoms with E-state index in [1.54, 1.807) is 6.92 Å². The number of aliphatic hydroxyl groups is 1. The van der Waals surface area contributed by atoms with Crippen LogP contribution < -0.4 is 0 Å². The minimum Gasteiger partial charge on any atom is -0.481 e. The summed E-state index contributed by atoms with van der Waals surface area (Å²) < 4.78 is 0. The van der Waals surface area contributed by atoms with Crippen molar-refractivity contribution in [1.82, 2.24) is 0 Å². The number of unbranched alkanes of at least 4 members (excludes halogenated alkanes) is 5. The van der Waals surface area contributed by atoms with Gasteiger partial charge in [-0.3, -0.25) is 4.79 Å². The molecule has 96 valence electrons. The molecule has 16 heavy (non-hydrogen) atoms. The first kappa shape index (κ1) is 15.4. The Labute approximate surface area is 98.9 Å². The van der Waals surface area contributed by atoms with E-state index in [2.05, 4.69) is 6.92 Å². The fraction of sp³-hybridized carbons (Fsp3) is 0.923. The molecule has 0 aliphatic heterocycles. The second-order valence-corrected chi connectivity index (χ2v) is 4.69. The first-order valence-electron chi connectivity index (χ1n) is 6.48. The molecule has 0 aromatic carbocycles. The van der Waals surface area contributed by atoms with Crippen molar-refractivity contribution in [2.75, 3.05) is 0 Å². The molecule has 2 atom stereocenters. The minimum atomic E-state index is -0.818. The van der Waals surface area contributed by atoms with Crippen LogP contribution in [0.15, 0.2) is 0 Å². The molecule has 0 rings (SSSR count). The summed E-state index contributed by atoms with van der Waals surface area (Å²) in [5.74, 6) is -1.25. The monoisotopic (exact) mass is 230 g/mol. The minimum absolute atomic E-state index is 0.379. The Morgan fingerprint density at radius 2 is 1.69 bits per heavy atom. The number of rotatable bonds is 10. The topological polar surface area (TPSA) is 57.5 Å². The van der Waals surface area contributed by atoms with Gasteiger partial charge in [0.05, 0.1) is 12.0 Å². The molecule has 0 aliphatic rings. The Balaban J connectivity index is 3.36. The Bertz CT molecular complexity index is 180. The van der Waals surface area contributed by atoms with Crippen LogP contribution in [0, 0.1) is 5.92 Å². The highest BCUT2D eigenvalue weighted by atomic mass is 16.4. The predicted molar refractivity (Wildman–Crippen MR) is 65.4 cm³/mol. The van der Waals surface area contributed by atoms with Gasteiger partial charge in [-0.1, -0.05) is 52.4 Å². The molecule has 3 heteroatoms. The van der Waals surface area contributed by atoms with Crippen molar-refractivity contribution in [2.45, 2.75) is 71.3 Å². The fourth-order valence-electron chi connectivity index (χ4n) is 1.79. The van der Waals surface area contributed by atoms with Crippen molar-refractivity contribution in [2.24, 2.45) is 5.92 Å². The quantitative estimate of drug-likeness (QED) is 0.567. The van der Waals surface area contributed by atoms with Gasteiger partial charge < -0.3 is 10.2 Å². The molecule has 2 unspecified atom stereocenters. The lowest BCUT2D eigenvalue weighted by molar-refractivity contribution is -0.142. The zero-order valence-electron chi connectivity index (χ0n) is 10.6. The van der Waals surface area contributed by atoms with E-state index in [1.807, 2.05) is 0 Å². The van der Waals surface area contributed by atoms with Crippen molar-refractivity contribution in [1.29, 1.82) is 0 Å². The molecule has 0 amide bonds. The maximum atomic E-state index is 10.6. The van der Waals surface area contributed by atoms with Crippen molar-refractivity contribution in [3.63, 3.8) is 0 Å². The third-order valence-corrected chi connectivity index (χ3v) is 2.94. The number of aliphatic hydroxyl groups excluding tert-OH is 1. The third kappa shape index (κ3) is 8.72. The van der Waals surface area contributed by atoms with Gasteiger partial charge in [-0.25, -0.2) is 0 Å². The SMILES string of the molecule is CCCCCCCCC(O)CC(C)C(=O)O. The lowest BCUT2D eigenvalue weighted by atomic mass is 9.99. The van der Waals surface area contributed by atoms with Crippen LogP contribution in [0.3, 0.4) is 0 Å². The molecule has 0 fully saturated rings. The summed E-state index contributed by atoms with van der Waals surface area (Å²) in [7, 11) is 0. The van der Waals surface area contributed by atoms with Gasteiger partial charge in [-0.2, -0.15) is 0 Å². The smallest absolute Gasteiger partial charge is 0.306 e. The molecule has 0 aromatic rings. The van der Waals surface area contributed by atoms with Gasteiger partial charge in [-0.15, -0.1) is 0 Å². The van der Waals surface area contributed by atoms with Gasteiger partial charge in [0.1, 0.15) is 0 Å². The predicted octanol–water partition coefficient (Wildman–Crippen LogP) is 3.21. The molecular formula is C13H26O3. The van der Waals surface area contributed by atoms with Crippen LogP contribution in [-0.2, 0) is 4.79 Å². The molecule has 3 nitrogen and oxygen atoms in total. The summed E-state index contributed by atoms with van der Waals surface area (Å²) >= 11 is 0. The summed E-state index contributed by atoms with van der Waals surface area (Å²) in [5, 5.41) is 18.3. The number of carbonyl (C=O) groups is 1. The molecule has 0 spiro atoms. The van der Waals surface area contributed by atoms with Crippen molar-refractivity contribution in [3.05, 3.63) is 0 Å². The van der Waals surface area contributed by atoms with Crippen LogP contribution >= 0.6 is 0 Å².